The van der Waals surface area contributed by atoms with Crippen LogP contribution < -0.4 is 11.4 Å². The van der Waals surface area contributed by atoms with Crippen molar-refractivity contribution >= 4 is 14.4 Å². The molecular weight excluding hydrogens is 282 g/mol. The number of aliphatic hydroxyl groups is 1. The van der Waals surface area contributed by atoms with Crippen LogP contribution in [0.1, 0.15) is 6.23 Å². The molecule has 0 spiro atoms. The standard InChI is InChI=1S/C11H17N3O5Si/c1-20(2)17-5-6-9(19-20)8(15)10(18-6)14-4-3-7(12)13-11(14)16/h3-4,6,8-10,15H,5H2,1-2H3,(H2,12,13,16). The number of nitrogens with two attached hydrogens (primary N) is 1. The van der Waals surface area contributed by atoms with E-state index in [1.165, 1.54) is 16.8 Å². The van der Waals surface area contributed by atoms with Crippen LogP contribution in [0, 0.1) is 0 Å². The number of anilines is 1. The summed E-state index contributed by atoms with van der Waals surface area (Å²) in [5, 5.41) is 10.4. The lowest BCUT2D eigenvalue weighted by Gasteiger charge is -2.36. The fourth-order valence-corrected chi connectivity index (χ4v) is 4.07. The van der Waals surface area contributed by atoms with Crippen LogP contribution in [0.5, 0.6) is 0 Å². The average molecular weight is 299 g/mol. The first-order chi connectivity index (χ1) is 9.37. The Labute approximate surface area is 116 Å². The van der Waals surface area contributed by atoms with Crippen molar-refractivity contribution in [2.45, 2.75) is 37.6 Å². The smallest absolute Gasteiger partial charge is 0.351 e. The van der Waals surface area contributed by atoms with Crippen LogP contribution in [-0.2, 0) is 13.6 Å². The molecule has 4 atom stereocenters. The van der Waals surface area contributed by atoms with Gasteiger partial charge < -0.3 is 24.4 Å². The summed E-state index contributed by atoms with van der Waals surface area (Å²) in [6.07, 6.45) is -1.20. The van der Waals surface area contributed by atoms with Crippen LogP contribution in [0.25, 0.3) is 0 Å². The summed E-state index contributed by atoms with van der Waals surface area (Å²) < 4.78 is 18.3. The minimum absolute atomic E-state index is 0.129. The Bertz CT molecular complexity index is 577. The Hall–Kier alpha value is -1.26. The van der Waals surface area contributed by atoms with E-state index in [0.717, 1.165) is 0 Å². The molecule has 110 valence electrons. The molecule has 0 bridgehead atoms. The molecule has 2 fully saturated rings. The zero-order valence-electron chi connectivity index (χ0n) is 11.2. The summed E-state index contributed by atoms with van der Waals surface area (Å²) >= 11 is 0. The number of rotatable bonds is 1. The van der Waals surface area contributed by atoms with Gasteiger partial charge in [0, 0.05) is 6.20 Å². The molecule has 0 radical (unpaired) electrons. The van der Waals surface area contributed by atoms with Crippen molar-refractivity contribution < 1.29 is 18.7 Å². The molecule has 0 amide bonds. The molecule has 8 nitrogen and oxygen atoms in total. The second kappa shape index (κ2) is 4.64. The van der Waals surface area contributed by atoms with E-state index in [2.05, 4.69) is 4.98 Å². The molecule has 0 saturated carbocycles. The normalized spacial score (nSPS) is 35.8. The highest BCUT2D eigenvalue weighted by molar-refractivity contribution is 6.64. The van der Waals surface area contributed by atoms with E-state index in [0.29, 0.717) is 6.61 Å². The lowest BCUT2D eigenvalue weighted by Crippen LogP contribution is -2.53. The summed E-state index contributed by atoms with van der Waals surface area (Å²) in [6.45, 7) is 4.16. The first-order valence-corrected chi connectivity index (χ1v) is 9.19. The molecule has 3 N–H and O–H groups in total. The second-order valence-electron chi connectivity index (χ2n) is 5.39. The average Bonchev–Trinajstić information content (AvgIpc) is 2.66. The maximum atomic E-state index is 11.8. The summed E-state index contributed by atoms with van der Waals surface area (Å²) in [6, 6.07) is 1.48. The predicted octanol–water partition coefficient (Wildman–Crippen LogP) is -0.799. The van der Waals surface area contributed by atoms with Crippen molar-refractivity contribution in [3.05, 3.63) is 22.7 Å². The number of ether oxygens (including phenoxy) is 1. The highest BCUT2D eigenvalue weighted by Crippen LogP contribution is 2.35. The maximum Gasteiger partial charge on any atom is 0.351 e. The van der Waals surface area contributed by atoms with Crippen LogP contribution in [0.15, 0.2) is 17.1 Å². The quantitative estimate of drug-likeness (QED) is 0.653. The topological polar surface area (TPSA) is 109 Å². The Morgan fingerprint density at radius 2 is 2.30 bits per heavy atom. The molecule has 20 heavy (non-hydrogen) atoms. The van der Waals surface area contributed by atoms with Gasteiger partial charge in [-0.3, -0.25) is 4.57 Å². The number of nitrogens with zero attached hydrogens (tertiary/aromatic N) is 2. The Morgan fingerprint density at radius 1 is 1.55 bits per heavy atom. The number of nitrogen functional groups attached to an aromatic ring is 1. The van der Waals surface area contributed by atoms with Gasteiger partial charge in [-0.15, -0.1) is 0 Å². The van der Waals surface area contributed by atoms with Gasteiger partial charge in [-0.05, 0) is 19.2 Å². The van der Waals surface area contributed by atoms with Gasteiger partial charge in [-0.1, -0.05) is 0 Å². The largest absolute Gasteiger partial charge is 0.392 e. The van der Waals surface area contributed by atoms with Gasteiger partial charge >= 0.3 is 14.3 Å². The predicted molar refractivity (Wildman–Crippen MR) is 71.1 cm³/mol. The van der Waals surface area contributed by atoms with Crippen molar-refractivity contribution in [1.29, 1.82) is 0 Å². The molecule has 0 aromatic carbocycles. The van der Waals surface area contributed by atoms with Crippen LogP contribution in [0.3, 0.4) is 0 Å². The van der Waals surface area contributed by atoms with E-state index in [4.69, 9.17) is 19.3 Å². The third-order valence-electron chi connectivity index (χ3n) is 3.45. The van der Waals surface area contributed by atoms with Gasteiger partial charge in [0.05, 0.1) is 6.61 Å². The fraction of sp³-hybridized carbons (Fsp3) is 0.636. The van der Waals surface area contributed by atoms with Gasteiger partial charge in [0.2, 0.25) is 0 Å². The third-order valence-corrected chi connectivity index (χ3v) is 5.15. The van der Waals surface area contributed by atoms with Gasteiger partial charge in [0.1, 0.15) is 24.1 Å². The van der Waals surface area contributed by atoms with Gasteiger partial charge in [-0.25, -0.2) is 4.79 Å². The minimum atomic E-state index is -2.23. The van der Waals surface area contributed by atoms with E-state index >= 15 is 0 Å². The molecule has 1 aromatic rings. The molecule has 9 heteroatoms. The highest BCUT2D eigenvalue weighted by atomic mass is 28.4. The molecule has 3 heterocycles. The number of hydrogen-bond donors (Lipinski definition) is 2. The van der Waals surface area contributed by atoms with Crippen molar-refractivity contribution in [1.82, 2.24) is 9.55 Å². The summed E-state index contributed by atoms with van der Waals surface area (Å²) in [5.41, 5.74) is 4.88. The van der Waals surface area contributed by atoms with E-state index < -0.39 is 32.7 Å². The Morgan fingerprint density at radius 3 is 3.00 bits per heavy atom. The lowest BCUT2D eigenvalue weighted by molar-refractivity contribution is -0.0702. The van der Waals surface area contributed by atoms with Gasteiger partial charge in [0.15, 0.2) is 6.23 Å². The van der Waals surface area contributed by atoms with Crippen LogP contribution >= 0.6 is 0 Å². The van der Waals surface area contributed by atoms with Gasteiger partial charge in [-0.2, -0.15) is 4.98 Å². The van der Waals surface area contributed by atoms with Crippen molar-refractivity contribution in [3.8, 4) is 0 Å². The Kier molecular flexibility index (Phi) is 3.18. The highest BCUT2D eigenvalue weighted by Gasteiger charge is 2.51. The van der Waals surface area contributed by atoms with E-state index in [1.807, 2.05) is 13.1 Å². The van der Waals surface area contributed by atoms with Crippen molar-refractivity contribution in [2.75, 3.05) is 12.3 Å². The first kappa shape index (κ1) is 13.7. The first-order valence-electron chi connectivity index (χ1n) is 6.37. The molecule has 2 aliphatic rings. The molecule has 2 saturated heterocycles. The van der Waals surface area contributed by atoms with Crippen molar-refractivity contribution in [2.24, 2.45) is 0 Å². The number of hydrogen-bond acceptors (Lipinski definition) is 7. The second-order valence-corrected chi connectivity index (χ2v) is 8.72. The van der Waals surface area contributed by atoms with Crippen molar-refractivity contribution in [3.63, 3.8) is 0 Å². The minimum Gasteiger partial charge on any atom is -0.392 e. The monoisotopic (exact) mass is 299 g/mol. The number of aliphatic hydroxyl groups excluding tert-OH is 1. The fourth-order valence-electron chi connectivity index (χ4n) is 2.49. The molecule has 1 aromatic heterocycles. The van der Waals surface area contributed by atoms with E-state index in [9.17, 15) is 9.90 Å². The molecule has 2 aliphatic heterocycles. The summed E-state index contributed by atoms with van der Waals surface area (Å²) in [4.78, 5) is 15.5. The zero-order valence-corrected chi connectivity index (χ0v) is 12.2. The van der Waals surface area contributed by atoms with Crippen LogP contribution in [0.4, 0.5) is 5.82 Å². The van der Waals surface area contributed by atoms with E-state index in [-0.39, 0.29) is 11.9 Å². The molecule has 0 aliphatic carbocycles. The Balaban J connectivity index is 1.88. The SMILES string of the molecule is C[Si]1(C)OCC2OC(n3ccc(N)nc3=O)C(O)C2O1. The number of aromatic nitrogens is 2. The molecule has 3 rings (SSSR count). The lowest BCUT2D eigenvalue weighted by atomic mass is 10.1. The maximum absolute atomic E-state index is 11.8. The van der Waals surface area contributed by atoms with Gasteiger partial charge in [0.25, 0.3) is 0 Å². The van der Waals surface area contributed by atoms with Crippen LogP contribution in [-0.4, -0.2) is 48.1 Å². The summed E-state index contributed by atoms with van der Waals surface area (Å²) in [7, 11) is -2.23. The molecule has 4 unspecified atom stereocenters. The van der Waals surface area contributed by atoms with Crippen LogP contribution in [0.2, 0.25) is 13.1 Å². The molecular formula is C11H17N3O5Si. The number of fused-ring (bicyclic) bond motifs is 1. The van der Waals surface area contributed by atoms with E-state index in [1.54, 1.807) is 0 Å². The third kappa shape index (κ3) is 2.27. The zero-order chi connectivity index (χ0) is 14.5. The summed E-state index contributed by atoms with van der Waals surface area (Å²) in [5.74, 6) is 0.129.